The predicted molar refractivity (Wildman–Crippen MR) is 129 cm³/mol. The number of esters is 1. The molecule has 4 rings (SSSR count). The van der Waals surface area contributed by atoms with Crippen LogP contribution in [0.1, 0.15) is 27.3 Å². The van der Waals surface area contributed by atoms with E-state index in [4.69, 9.17) is 9.47 Å². The largest absolute Gasteiger partial charge is 0.489 e. The first-order valence-corrected chi connectivity index (χ1v) is 10.7. The highest BCUT2D eigenvalue weighted by molar-refractivity contribution is 5.89. The maximum absolute atomic E-state index is 12.3. The van der Waals surface area contributed by atoms with Crippen LogP contribution in [0.4, 0.5) is 0 Å². The smallest absolute Gasteiger partial charge is 0.337 e. The molecule has 1 N–H and O–H groups in total. The standard InChI is InChI=1S/C26H24N4O4/c1-18-28-23-5-3-4-6-24(23)30(18)16-25(31)29-27-15-19-9-13-22(14-10-19)34-17-20-7-11-21(12-8-20)26(32)33-2/h3-15H,16-17H2,1-2H3,(H,29,31)/b27-15+. The Balaban J connectivity index is 1.27. The van der Waals surface area contributed by atoms with Crippen LogP contribution >= 0.6 is 0 Å². The number of rotatable bonds is 8. The van der Waals surface area contributed by atoms with Gasteiger partial charge in [0, 0.05) is 0 Å². The molecule has 0 bridgehead atoms. The fourth-order valence-electron chi connectivity index (χ4n) is 3.42. The van der Waals surface area contributed by atoms with E-state index in [9.17, 15) is 9.59 Å². The van der Waals surface area contributed by atoms with E-state index in [1.165, 1.54) is 7.11 Å². The van der Waals surface area contributed by atoms with Gasteiger partial charge in [0.15, 0.2) is 0 Å². The van der Waals surface area contributed by atoms with Crippen LogP contribution in [-0.2, 0) is 22.7 Å². The number of aromatic nitrogens is 2. The molecule has 0 aliphatic heterocycles. The van der Waals surface area contributed by atoms with Gasteiger partial charge in [-0.2, -0.15) is 5.10 Å². The van der Waals surface area contributed by atoms with Crippen molar-refractivity contribution in [1.82, 2.24) is 15.0 Å². The number of carbonyl (C=O) groups is 2. The van der Waals surface area contributed by atoms with Crippen LogP contribution < -0.4 is 10.2 Å². The SMILES string of the molecule is COC(=O)c1ccc(COc2ccc(/C=N/NC(=O)Cn3c(C)nc4ccccc43)cc2)cc1. The van der Waals surface area contributed by atoms with Crippen molar-refractivity contribution in [2.45, 2.75) is 20.1 Å². The van der Waals surface area contributed by atoms with E-state index < -0.39 is 0 Å². The summed E-state index contributed by atoms with van der Waals surface area (Å²) in [5.74, 6) is 0.864. The van der Waals surface area contributed by atoms with Gasteiger partial charge in [0.05, 0.1) is 29.9 Å². The molecule has 1 heterocycles. The Morgan fingerprint density at radius 1 is 1.03 bits per heavy atom. The lowest BCUT2D eigenvalue weighted by Crippen LogP contribution is -2.23. The van der Waals surface area contributed by atoms with E-state index in [0.717, 1.165) is 28.0 Å². The second-order valence-corrected chi connectivity index (χ2v) is 7.57. The number of ether oxygens (including phenoxy) is 2. The number of amides is 1. The van der Waals surface area contributed by atoms with Gasteiger partial charge < -0.3 is 14.0 Å². The molecule has 34 heavy (non-hydrogen) atoms. The number of fused-ring (bicyclic) bond motifs is 1. The molecule has 172 valence electrons. The fourth-order valence-corrected chi connectivity index (χ4v) is 3.42. The van der Waals surface area contributed by atoms with E-state index in [2.05, 4.69) is 15.5 Å². The molecule has 0 saturated carbocycles. The normalized spacial score (nSPS) is 11.0. The van der Waals surface area contributed by atoms with Gasteiger partial charge in [0.25, 0.3) is 5.91 Å². The number of methoxy groups -OCH3 is 1. The molecule has 0 aliphatic carbocycles. The second-order valence-electron chi connectivity index (χ2n) is 7.57. The van der Waals surface area contributed by atoms with Crippen LogP contribution in [0.3, 0.4) is 0 Å². The molecular weight excluding hydrogens is 432 g/mol. The highest BCUT2D eigenvalue weighted by Gasteiger charge is 2.10. The molecule has 4 aromatic rings. The Morgan fingerprint density at radius 3 is 2.50 bits per heavy atom. The van der Waals surface area contributed by atoms with Gasteiger partial charge >= 0.3 is 5.97 Å². The van der Waals surface area contributed by atoms with Gasteiger partial charge in [0.2, 0.25) is 0 Å². The van der Waals surface area contributed by atoms with E-state index in [1.807, 2.05) is 72.2 Å². The summed E-state index contributed by atoms with van der Waals surface area (Å²) in [5.41, 5.74) is 6.57. The highest BCUT2D eigenvalue weighted by Crippen LogP contribution is 2.16. The first kappa shape index (κ1) is 22.7. The van der Waals surface area contributed by atoms with Gasteiger partial charge in [-0.1, -0.05) is 24.3 Å². The zero-order valence-electron chi connectivity index (χ0n) is 18.9. The lowest BCUT2D eigenvalue weighted by molar-refractivity contribution is -0.121. The van der Waals surface area contributed by atoms with Gasteiger partial charge in [-0.15, -0.1) is 0 Å². The summed E-state index contributed by atoms with van der Waals surface area (Å²) >= 11 is 0. The topological polar surface area (TPSA) is 94.8 Å². The Labute approximate surface area is 196 Å². The number of hydrogen-bond donors (Lipinski definition) is 1. The summed E-state index contributed by atoms with van der Waals surface area (Å²) < 4.78 is 12.3. The molecule has 0 spiro atoms. The molecule has 0 unspecified atom stereocenters. The number of hydrogen-bond acceptors (Lipinski definition) is 6. The van der Waals surface area contributed by atoms with Crippen LogP contribution in [-0.4, -0.2) is 34.8 Å². The van der Waals surface area contributed by atoms with Crippen molar-refractivity contribution in [2.24, 2.45) is 5.10 Å². The van der Waals surface area contributed by atoms with Crippen LogP contribution in [0.2, 0.25) is 0 Å². The van der Waals surface area contributed by atoms with Crippen LogP contribution in [0.25, 0.3) is 11.0 Å². The summed E-state index contributed by atoms with van der Waals surface area (Å²) in [4.78, 5) is 28.3. The van der Waals surface area contributed by atoms with Gasteiger partial charge in [-0.25, -0.2) is 15.2 Å². The predicted octanol–water partition coefficient (Wildman–Crippen LogP) is 3.86. The third-order valence-electron chi connectivity index (χ3n) is 5.21. The zero-order chi connectivity index (χ0) is 23.9. The van der Waals surface area contributed by atoms with E-state index >= 15 is 0 Å². The van der Waals surface area contributed by atoms with Crippen molar-refractivity contribution in [2.75, 3.05) is 7.11 Å². The number of hydrazone groups is 1. The van der Waals surface area contributed by atoms with Crippen molar-refractivity contribution in [3.63, 3.8) is 0 Å². The number of para-hydroxylation sites is 2. The molecule has 0 saturated heterocycles. The van der Waals surface area contributed by atoms with Crippen LogP contribution in [0.5, 0.6) is 5.75 Å². The van der Waals surface area contributed by atoms with Crippen LogP contribution in [0, 0.1) is 6.92 Å². The van der Waals surface area contributed by atoms with Crippen LogP contribution in [0.15, 0.2) is 77.9 Å². The van der Waals surface area contributed by atoms with E-state index in [1.54, 1.807) is 18.3 Å². The molecule has 0 aliphatic rings. The van der Waals surface area contributed by atoms with Crippen molar-refractivity contribution < 1.29 is 19.1 Å². The average Bonchev–Trinajstić information content (AvgIpc) is 3.18. The van der Waals surface area contributed by atoms with Crippen molar-refractivity contribution in [1.29, 1.82) is 0 Å². The highest BCUT2D eigenvalue weighted by atomic mass is 16.5. The summed E-state index contributed by atoms with van der Waals surface area (Å²) in [6, 6.07) is 22.1. The van der Waals surface area contributed by atoms with E-state index in [0.29, 0.717) is 17.9 Å². The summed E-state index contributed by atoms with van der Waals surface area (Å²) in [7, 11) is 1.35. The third-order valence-corrected chi connectivity index (χ3v) is 5.21. The minimum Gasteiger partial charge on any atom is -0.489 e. The minimum absolute atomic E-state index is 0.136. The van der Waals surface area contributed by atoms with Crippen molar-refractivity contribution >= 4 is 29.1 Å². The van der Waals surface area contributed by atoms with Gasteiger partial charge in [-0.3, -0.25) is 4.79 Å². The summed E-state index contributed by atoms with van der Waals surface area (Å²) in [6.07, 6.45) is 1.58. The molecule has 8 heteroatoms. The van der Waals surface area contributed by atoms with Crippen molar-refractivity contribution in [3.8, 4) is 5.75 Å². The lowest BCUT2D eigenvalue weighted by Gasteiger charge is -2.07. The molecule has 3 aromatic carbocycles. The monoisotopic (exact) mass is 456 g/mol. The molecular formula is C26H24N4O4. The average molecular weight is 457 g/mol. The Kier molecular flexibility index (Phi) is 6.98. The number of aryl methyl sites for hydroxylation is 1. The fraction of sp³-hybridized carbons (Fsp3) is 0.154. The molecule has 1 amide bonds. The minimum atomic E-state index is -0.369. The summed E-state index contributed by atoms with van der Waals surface area (Å²) in [5, 5.41) is 4.05. The van der Waals surface area contributed by atoms with Crippen molar-refractivity contribution in [3.05, 3.63) is 95.3 Å². The maximum atomic E-state index is 12.3. The molecule has 0 radical (unpaired) electrons. The van der Waals surface area contributed by atoms with E-state index in [-0.39, 0.29) is 18.4 Å². The Bertz CT molecular complexity index is 1330. The summed E-state index contributed by atoms with van der Waals surface area (Å²) in [6.45, 7) is 2.38. The molecule has 0 fully saturated rings. The first-order valence-electron chi connectivity index (χ1n) is 10.7. The molecule has 0 atom stereocenters. The maximum Gasteiger partial charge on any atom is 0.337 e. The Hall–Kier alpha value is -4.46. The Morgan fingerprint density at radius 2 is 1.76 bits per heavy atom. The number of imidazole rings is 1. The number of benzene rings is 3. The lowest BCUT2D eigenvalue weighted by atomic mass is 10.1. The molecule has 1 aromatic heterocycles. The second kappa shape index (κ2) is 10.4. The number of nitrogens with zero attached hydrogens (tertiary/aromatic N) is 3. The van der Waals surface area contributed by atoms with Gasteiger partial charge in [-0.05, 0) is 66.6 Å². The first-order chi connectivity index (χ1) is 16.5. The number of carbonyl (C=O) groups excluding carboxylic acids is 2. The number of nitrogens with one attached hydrogen (secondary N) is 1. The molecule has 8 nitrogen and oxygen atoms in total. The quantitative estimate of drug-likeness (QED) is 0.247. The third kappa shape index (κ3) is 5.47. The van der Waals surface area contributed by atoms with Gasteiger partial charge in [0.1, 0.15) is 24.7 Å². The zero-order valence-corrected chi connectivity index (χ0v) is 18.9.